The SMILES string of the molecule is COc1ccnc2c(=O)n(-c3nc4ccc(OC5CCCC5)cc4s3)c(=S)oc12. The number of hydrogen-bond acceptors (Lipinski definition) is 8. The van der Waals surface area contributed by atoms with Gasteiger partial charge in [0.1, 0.15) is 5.75 Å². The summed E-state index contributed by atoms with van der Waals surface area (Å²) in [6.45, 7) is 0. The van der Waals surface area contributed by atoms with Crippen molar-refractivity contribution < 1.29 is 13.9 Å². The fourth-order valence-corrected chi connectivity index (χ4v) is 4.89. The van der Waals surface area contributed by atoms with Gasteiger partial charge in [-0.3, -0.25) is 4.79 Å². The molecule has 1 aliphatic rings. The van der Waals surface area contributed by atoms with Crippen molar-refractivity contribution in [1.82, 2.24) is 14.5 Å². The number of benzene rings is 1. The molecule has 7 nitrogen and oxygen atoms in total. The zero-order chi connectivity index (χ0) is 20.0. The first kappa shape index (κ1) is 18.3. The highest BCUT2D eigenvalue weighted by atomic mass is 32.1. The van der Waals surface area contributed by atoms with Crippen LogP contribution in [0.2, 0.25) is 0 Å². The normalized spacial score (nSPS) is 14.7. The van der Waals surface area contributed by atoms with E-state index >= 15 is 0 Å². The summed E-state index contributed by atoms with van der Waals surface area (Å²) in [7, 11) is 1.50. The number of thiazole rings is 1. The minimum Gasteiger partial charge on any atom is -0.493 e. The molecule has 0 unspecified atom stereocenters. The number of pyridine rings is 1. The van der Waals surface area contributed by atoms with E-state index in [4.69, 9.17) is 26.1 Å². The van der Waals surface area contributed by atoms with Crippen LogP contribution in [-0.2, 0) is 0 Å². The summed E-state index contributed by atoms with van der Waals surface area (Å²) in [4.78, 5) is 21.8. The second-order valence-electron chi connectivity index (χ2n) is 6.85. The standard InChI is InChI=1S/C20H17N3O4S2/c1-25-14-8-9-21-16-17(14)27-20(28)23(18(16)24)19-22-13-7-6-12(10-15(13)29-19)26-11-4-2-3-5-11/h6-11H,2-5H2,1H3. The van der Waals surface area contributed by atoms with Gasteiger partial charge in [0.2, 0.25) is 10.7 Å². The number of fused-ring (bicyclic) bond motifs is 2. The van der Waals surface area contributed by atoms with Gasteiger partial charge >= 0.3 is 0 Å². The number of hydrogen-bond donors (Lipinski definition) is 0. The van der Waals surface area contributed by atoms with Crippen LogP contribution < -0.4 is 15.0 Å². The molecule has 3 heterocycles. The Balaban J connectivity index is 1.61. The van der Waals surface area contributed by atoms with Gasteiger partial charge in [0.15, 0.2) is 11.3 Å². The molecule has 3 aromatic heterocycles. The molecule has 0 aliphatic heterocycles. The van der Waals surface area contributed by atoms with Gasteiger partial charge in [-0.05, 0) is 56.1 Å². The molecule has 1 fully saturated rings. The summed E-state index contributed by atoms with van der Waals surface area (Å²) in [6, 6.07) is 7.39. The molecule has 4 aromatic rings. The van der Waals surface area contributed by atoms with Gasteiger partial charge in [-0.25, -0.2) is 14.5 Å². The monoisotopic (exact) mass is 427 g/mol. The molecular weight excluding hydrogens is 410 g/mol. The Labute approximate surface area is 174 Å². The van der Waals surface area contributed by atoms with Gasteiger partial charge in [0, 0.05) is 12.3 Å². The molecule has 9 heteroatoms. The highest BCUT2D eigenvalue weighted by Gasteiger charge is 2.19. The Morgan fingerprint density at radius 3 is 2.90 bits per heavy atom. The molecule has 1 aliphatic carbocycles. The van der Waals surface area contributed by atoms with E-state index < -0.39 is 5.56 Å². The summed E-state index contributed by atoms with van der Waals surface area (Å²) >= 11 is 6.69. The van der Waals surface area contributed by atoms with Crippen LogP contribution in [0.25, 0.3) is 26.4 Å². The van der Waals surface area contributed by atoms with Gasteiger partial charge in [-0.2, -0.15) is 0 Å². The van der Waals surface area contributed by atoms with Gasteiger partial charge in [-0.15, -0.1) is 0 Å². The van der Waals surface area contributed by atoms with Gasteiger partial charge in [0.05, 0.1) is 23.4 Å². The van der Waals surface area contributed by atoms with E-state index in [2.05, 4.69) is 9.97 Å². The lowest BCUT2D eigenvalue weighted by molar-refractivity contribution is 0.210. The first-order valence-electron chi connectivity index (χ1n) is 9.30. The summed E-state index contributed by atoms with van der Waals surface area (Å²) in [6.07, 6.45) is 6.39. The number of nitrogens with zero attached hydrogens (tertiary/aromatic N) is 3. The number of ether oxygens (including phenoxy) is 2. The Hall–Kier alpha value is -2.78. The Morgan fingerprint density at radius 1 is 1.28 bits per heavy atom. The van der Waals surface area contributed by atoms with Crippen LogP contribution in [0.4, 0.5) is 0 Å². The van der Waals surface area contributed by atoms with E-state index in [1.807, 2.05) is 18.2 Å². The lowest BCUT2D eigenvalue weighted by atomic mass is 10.3. The minimum absolute atomic E-state index is 0.00437. The maximum Gasteiger partial charge on any atom is 0.290 e. The average Bonchev–Trinajstić information content (AvgIpc) is 3.37. The molecule has 0 amide bonds. The fraction of sp³-hybridized carbons (Fsp3) is 0.300. The molecule has 0 saturated heterocycles. The van der Waals surface area contributed by atoms with Crippen LogP contribution in [-0.4, -0.2) is 27.7 Å². The molecule has 0 spiro atoms. The molecule has 5 rings (SSSR count). The topological polar surface area (TPSA) is 79.4 Å². The smallest absolute Gasteiger partial charge is 0.290 e. The lowest BCUT2D eigenvalue weighted by Gasteiger charge is -2.12. The number of rotatable bonds is 4. The van der Waals surface area contributed by atoms with Crippen molar-refractivity contribution in [3.8, 4) is 16.6 Å². The molecule has 0 bridgehead atoms. The molecule has 148 valence electrons. The predicted octanol–water partition coefficient (Wildman–Crippen LogP) is 4.65. The minimum atomic E-state index is -0.392. The molecule has 0 atom stereocenters. The second kappa shape index (κ2) is 7.23. The van der Waals surface area contributed by atoms with E-state index in [0.29, 0.717) is 10.9 Å². The Bertz CT molecular complexity index is 1340. The first-order valence-corrected chi connectivity index (χ1v) is 10.5. The maximum absolute atomic E-state index is 13.1. The third-order valence-corrected chi connectivity index (χ3v) is 6.28. The molecule has 0 radical (unpaired) electrons. The lowest BCUT2D eigenvalue weighted by Crippen LogP contribution is -2.20. The third kappa shape index (κ3) is 3.20. The van der Waals surface area contributed by atoms with E-state index in [1.54, 1.807) is 6.07 Å². The molecule has 1 aromatic carbocycles. The largest absolute Gasteiger partial charge is 0.493 e. The zero-order valence-corrected chi connectivity index (χ0v) is 17.2. The van der Waals surface area contributed by atoms with E-state index in [9.17, 15) is 4.79 Å². The van der Waals surface area contributed by atoms with E-state index in [0.717, 1.165) is 28.8 Å². The van der Waals surface area contributed by atoms with Crippen LogP contribution >= 0.6 is 23.6 Å². The van der Waals surface area contributed by atoms with Crippen LogP contribution in [0.3, 0.4) is 0 Å². The van der Waals surface area contributed by atoms with Crippen molar-refractivity contribution in [2.24, 2.45) is 0 Å². The highest BCUT2D eigenvalue weighted by molar-refractivity contribution is 7.71. The van der Waals surface area contributed by atoms with Gasteiger partial charge in [0.25, 0.3) is 10.4 Å². The summed E-state index contributed by atoms with van der Waals surface area (Å²) in [5.41, 5.74) is 0.748. The van der Waals surface area contributed by atoms with Crippen LogP contribution in [0.15, 0.2) is 39.7 Å². The van der Waals surface area contributed by atoms with Crippen molar-refractivity contribution in [3.63, 3.8) is 0 Å². The van der Waals surface area contributed by atoms with Gasteiger partial charge in [-0.1, -0.05) is 11.3 Å². The number of methoxy groups -OCH3 is 1. The predicted molar refractivity (Wildman–Crippen MR) is 113 cm³/mol. The van der Waals surface area contributed by atoms with Crippen LogP contribution in [0, 0.1) is 4.84 Å². The third-order valence-electron chi connectivity index (χ3n) is 5.01. The molecular formula is C20H17N3O4S2. The quantitative estimate of drug-likeness (QED) is 0.439. The van der Waals surface area contributed by atoms with Crippen molar-refractivity contribution in [2.45, 2.75) is 31.8 Å². The van der Waals surface area contributed by atoms with Crippen molar-refractivity contribution in [3.05, 3.63) is 45.7 Å². The molecule has 0 N–H and O–H groups in total. The van der Waals surface area contributed by atoms with Crippen LogP contribution in [0.5, 0.6) is 11.5 Å². The van der Waals surface area contributed by atoms with E-state index in [1.165, 1.54) is 42.1 Å². The van der Waals surface area contributed by atoms with Crippen molar-refractivity contribution in [1.29, 1.82) is 0 Å². The summed E-state index contributed by atoms with van der Waals surface area (Å²) in [5.74, 6) is 1.23. The number of aromatic nitrogens is 3. The molecule has 1 saturated carbocycles. The summed E-state index contributed by atoms with van der Waals surface area (Å²) in [5, 5.41) is 0.434. The first-order chi connectivity index (χ1) is 14.1. The van der Waals surface area contributed by atoms with Gasteiger partial charge < -0.3 is 13.9 Å². The van der Waals surface area contributed by atoms with Crippen LogP contribution in [0.1, 0.15) is 25.7 Å². The Morgan fingerprint density at radius 2 is 2.10 bits per heavy atom. The molecule has 29 heavy (non-hydrogen) atoms. The zero-order valence-electron chi connectivity index (χ0n) is 15.6. The average molecular weight is 428 g/mol. The van der Waals surface area contributed by atoms with Crippen molar-refractivity contribution in [2.75, 3.05) is 7.11 Å². The second-order valence-corrected chi connectivity index (χ2v) is 8.21. The van der Waals surface area contributed by atoms with Crippen molar-refractivity contribution >= 4 is 44.9 Å². The highest BCUT2D eigenvalue weighted by Crippen LogP contribution is 2.31. The fourth-order valence-electron chi connectivity index (χ4n) is 3.59. The summed E-state index contributed by atoms with van der Waals surface area (Å²) < 4.78 is 19.2. The van der Waals surface area contributed by atoms with E-state index in [-0.39, 0.29) is 22.0 Å². The Kier molecular flexibility index (Phi) is 4.56. The maximum atomic E-state index is 13.1.